The fourth-order valence-electron chi connectivity index (χ4n) is 1.45. The normalized spacial score (nSPS) is 10.4. The third-order valence-corrected chi connectivity index (χ3v) is 2.44. The first-order chi connectivity index (χ1) is 8.65. The summed E-state index contributed by atoms with van der Waals surface area (Å²) >= 11 is 0. The van der Waals surface area contributed by atoms with Crippen molar-refractivity contribution in [2.75, 3.05) is 0 Å². The van der Waals surface area contributed by atoms with Gasteiger partial charge in [0.1, 0.15) is 18.3 Å². The number of nitrogens with zero attached hydrogens (tertiary/aromatic N) is 2. The van der Waals surface area contributed by atoms with Gasteiger partial charge in [0.05, 0.1) is 5.56 Å². The van der Waals surface area contributed by atoms with E-state index in [1.807, 2.05) is 0 Å². The van der Waals surface area contributed by atoms with Gasteiger partial charge in [-0.3, -0.25) is 0 Å². The zero-order valence-electron chi connectivity index (χ0n) is 9.33. The molecule has 0 radical (unpaired) electrons. The number of benzene rings is 1. The second kappa shape index (κ2) is 5.00. The Morgan fingerprint density at radius 1 is 1.11 bits per heavy atom. The number of aromatic nitrogens is 2. The Labute approximate surface area is 102 Å². The summed E-state index contributed by atoms with van der Waals surface area (Å²) < 4.78 is 39.1. The fraction of sp³-hybridized carbons (Fsp3) is 0.0769. The molecule has 18 heavy (non-hydrogen) atoms. The SMILES string of the molecule is C=Cc1cnc(-c2cc(F)c(CF)c(F)c2)nc1. The van der Waals surface area contributed by atoms with Gasteiger partial charge in [-0.1, -0.05) is 12.7 Å². The molecule has 0 unspecified atom stereocenters. The largest absolute Gasteiger partial charge is 0.246 e. The summed E-state index contributed by atoms with van der Waals surface area (Å²) in [5.74, 6) is -1.71. The van der Waals surface area contributed by atoms with Crippen LogP contribution in [0, 0.1) is 11.6 Å². The van der Waals surface area contributed by atoms with Crippen LogP contribution in [0.15, 0.2) is 31.1 Å². The molecule has 0 aliphatic rings. The molecule has 0 aliphatic heterocycles. The zero-order valence-corrected chi connectivity index (χ0v) is 9.33. The fourth-order valence-corrected chi connectivity index (χ4v) is 1.45. The van der Waals surface area contributed by atoms with Gasteiger partial charge in [0.25, 0.3) is 0 Å². The molecule has 2 rings (SSSR count). The molecule has 0 spiro atoms. The summed E-state index contributed by atoms with van der Waals surface area (Å²) in [6.45, 7) is 2.36. The van der Waals surface area contributed by atoms with Gasteiger partial charge in [0, 0.05) is 23.5 Å². The van der Waals surface area contributed by atoms with Crippen molar-refractivity contribution in [3.8, 4) is 11.4 Å². The average molecular weight is 250 g/mol. The van der Waals surface area contributed by atoms with Crippen molar-refractivity contribution in [1.29, 1.82) is 0 Å². The second-order valence-corrected chi connectivity index (χ2v) is 3.60. The van der Waals surface area contributed by atoms with E-state index in [1.165, 1.54) is 12.4 Å². The third kappa shape index (κ3) is 2.25. The Bertz CT molecular complexity index is 556. The van der Waals surface area contributed by atoms with E-state index in [4.69, 9.17) is 0 Å². The zero-order chi connectivity index (χ0) is 13.1. The van der Waals surface area contributed by atoms with Crippen LogP contribution in [0.1, 0.15) is 11.1 Å². The number of halogens is 3. The van der Waals surface area contributed by atoms with E-state index in [0.29, 0.717) is 5.56 Å². The monoisotopic (exact) mass is 250 g/mol. The lowest BCUT2D eigenvalue weighted by molar-refractivity contribution is 0.440. The molecule has 5 heteroatoms. The maximum atomic E-state index is 13.4. The summed E-state index contributed by atoms with van der Waals surface area (Å²) in [6.07, 6.45) is 4.51. The van der Waals surface area contributed by atoms with Crippen molar-refractivity contribution in [3.63, 3.8) is 0 Å². The number of hydrogen-bond acceptors (Lipinski definition) is 2. The molecule has 0 fully saturated rings. The summed E-state index contributed by atoms with van der Waals surface area (Å²) in [4.78, 5) is 7.90. The molecule has 2 aromatic rings. The average Bonchev–Trinajstić information content (AvgIpc) is 2.38. The lowest BCUT2D eigenvalue weighted by atomic mass is 10.1. The summed E-state index contributed by atoms with van der Waals surface area (Å²) in [7, 11) is 0. The summed E-state index contributed by atoms with van der Waals surface area (Å²) in [6, 6.07) is 2.03. The summed E-state index contributed by atoms with van der Waals surface area (Å²) in [5.41, 5.74) is 0.277. The molecule has 0 amide bonds. The van der Waals surface area contributed by atoms with Crippen LogP contribution in [0.4, 0.5) is 13.2 Å². The third-order valence-electron chi connectivity index (χ3n) is 2.44. The van der Waals surface area contributed by atoms with Crippen LogP contribution < -0.4 is 0 Å². The van der Waals surface area contributed by atoms with E-state index in [2.05, 4.69) is 16.5 Å². The van der Waals surface area contributed by atoms with Crippen LogP contribution >= 0.6 is 0 Å². The highest BCUT2D eigenvalue weighted by Crippen LogP contribution is 2.22. The molecule has 0 bridgehead atoms. The highest BCUT2D eigenvalue weighted by atomic mass is 19.1. The number of hydrogen-bond donors (Lipinski definition) is 0. The lowest BCUT2D eigenvalue weighted by Gasteiger charge is -2.04. The number of rotatable bonds is 3. The Morgan fingerprint density at radius 3 is 2.11 bits per heavy atom. The standard InChI is InChI=1S/C13H9F3N2/c1-2-8-6-17-13(18-7-8)9-3-11(15)10(5-14)12(16)4-9/h2-4,6-7H,1,5H2. The van der Waals surface area contributed by atoms with Crippen molar-refractivity contribution in [1.82, 2.24) is 9.97 Å². The van der Waals surface area contributed by atoms with Crippen molar-refractivity contribution < 1.29 is 13.2 Å². The van der Waals surface area contributed by atoms with Gasteiger partial charge in [-0.05, 0) is 12.1 Å². The number of alkyl halides is 1. The van der Waals surface area contributed by atoms with Crippen molar-refractivity contribution in [3.05, 3.63) is 53.9 Å². The van der Waals surface area contributed by atoms with Crippen LogP contribution in [0.25, 0.3) is 17.5 Å². The molecule has 0 saturated carbocycles. The smallest absolute Gasteiger partial charge is 0.159 e. The predicted molar refractivity (Wildman–Crippen MR) is 62.3 cm³/mol. The first kappa shape index (κ1) is 12.3. The molecular weight excluding hydrogens is 241 g/mol. The molecule has 0 atom stereocenters. The highest BCUT2D eigenvalue weighted by Gasteiger charge is 2.13. The van der Waals surface area contributed by atoms with E-state index in [9.17, 15) is 13.2 Å². The van der Waals surface area contributed by atoms with E-state index < -0.39 is 23.9 Å². The van der Waals surface area contributed by atoms with Gasteiger partial charge in [0.15, 0.2) is 5.82 Å². The minimum Gasteiger partial charge on any atom is -0.246 e. The highest BCUT2D eigenvalue weighted by molar-refractivity contribution is 5.57. The Hall–Kier alpha value is -2.17. The predicted octanol–water partition coefficient (Wildman–Crippen LogP) is 3.53. The first-order valence-corrected chi connectivity index (χ1v) is 5.14. The van der Waals surface area contributed by atoms with E-state index >= 15 is 0 Å². The van der Waals surface area contributed by atoms with Gasteiger partial charge in [-0.25, -0.2) is 23.1 Å². The Kier molecular flexibility index (Phi) is 3.41. The Balaban J connectivity index is 2.47. The molecule has 92 valence electrons. The van der Waals surface area contributed by atoms with Gasteiger partial charge >= 0.3 is 0 Å². The van der Waals surface area contributed by atoms with Crippen LogP contribution in [0.2, 0.25) is 0 Å². The topological polar surface area (TPSA) is 25.8 Å². The second-order valence-electron chi connectivity index (χ2n) is 3.60. The van der Waals surface area contributed by atoms with Crippen molar-refractivity contribution in [2.24, 2.45) is 0 Å². The molecular formula is C13H9F3N2. The molecule has 0 aliphatic carbocycles. The molecule has 1 heterocycles. The maximum Gasteiger partial charge on any atom is 0.159 e. The van der Waals surface area contributed by atoms with E-state index in [0.717, 1.165) is 12.1 Å². The van der Waals surface area contributed by atoms with Crippen molar-refractivity contribution in [2.45, 2.75) is 6.67 Å². The van der Waals surface area contributed by atoms with Crippen LogP contribution in [0.3, 0.4) is 0 Å². The lowest BCUT2D eigenvalue weighted by Crippen LogP contribution is -1.96. The van der Waals surface area contributed by atoms with Crippen LogP contribution in [0.5, 0.6) is 0 Å². The Morgan fingerprint density at radius 2 is 1.67 bits per heavy atom. The first-order valence-electron chi connectivity index (χ1n) is 5.14. The molecule has 2 nitrogen and oxygen atoms in total. The van der Waals surface area contributed by atoms with Crippen LogP contribution in [-0.2, 0) is 6.67 Å². The van der Waals surface area contributed by atoms with Gasteiger partial charge in [-0.15, -0.1) is 0 Å². The quantitative estimate of drug-likeness (QED) is 0.832. The summed E-state index contributed by atoms with van der Waals surface area (Å²) in [5, 5.41) is 0. The molecule has 0 N–H and O–H groups in total. The maximum absolute atomic E-state index is 13.4. The van der Waals surface area contributed by atoms with Crippen molar-refractivity contribution >= 4 is 6.08 Å². The molecule has 1 aromatic carbocycles. The van der Waals surface area contributed by atoms with E-state index in [-0.39, 0.29) is 11.4 Å². The van der Waals surface area contributed by atoms with Gasteiger partial charge in [0.2, 0.25) is 0 Å². The van der Waals surface area contributed by atoms with Gasteiger partial charge < -0.3 is 0 Å². The minimum absolute atomic E-state index is 0.165. The van der Waals surface area contributed by atoms with Crippen LogP contribution in [-0.4, -0.2) is 9.97 Å². The van der Waals surface area contributed by atoms with E-state index in [1.54, 1.807) is 6.08 Å². The van der Waals surface area contributed by atoms with Gasteiger partial charge in [-0.2, -0.15) is 0 Å². The minimum atomic E-state index is -1.19. The molecule has 1 aromatic heterocycles. The molecule has 0 saturated heterocycles.